The predicted molar refractivity (Wildman–Crippen MR) is 76.8 cm³/mol. The second-order valence-electron chi connectivity index (χ2n) is 4.79. The summed E-state index contributed by atoms with van der Waals surface area (Å²) in [4.78, 5) is 0. The van der Waals surface area contributed by atoms with Crippen molar-refractivity contribution in [2.24, 2.45) is 0 Å². The summed E-state index contributed by atoms with van der Waals surface area (Å²) in [5.74, 6) is 0. The first-order valence-electron chi connectivity index (χ1n) is 5.88. The Morgan fingerprint density at radius 1 is 1.00 bits per heavy atom. The molecule has 0 spiro atoms. The zero-order valence-corrected chi connectivity index (χ0v) is 11.8. The molecule has 17 heavy (non-hydrogen) atoms. The first-order valence-corrected chi connectivity index (χ1v) is 8.76. The van der Waals surface area contributed by atoms with Crippen molar-refractivity contribution in [1.29, 1.82) is 0 Å². The van der Waals surface area contributed by atoms with Crippen LogP contribution < -0.4 is 5.19 Å². The minimum absolute atomic E-state index is 0.482. The Balaban J connectivity index is 2.22. The van der Waals surface area contributed by atoms with E-state index in [1.807, 2.05) is 0 Å². The summed E-state index contributed by atoms with van der Waals surface area (Å²) in [5.41, 5.74) is 5.42. The van der Waals surface area contributed by atoms with E-state index in [1.54, 1.807) is 0 Å². The average Bonchev–Trinajstić information content (AvgIpc) is 2.69. The summed E-state index contributed by atoms with van der Waals surface area (Å²) in [7, 11) is -0.482. The Morgan fingerprint density at radius 3 is 2.53 bits per heavy atom. The van der Waals surface area contributed by atoms with Gasteiger partial charge in [-0.05, 0) is 27.4 Å². The van der Waals surface area contributed by atoms with Gasteiger partial charge in [-0.15, -0.1) is 0 Å². The van der Waals surface area contributed by atoms with Crippen molar-refractivity contribution in [2.45, 2.75) is 19.5 Å². The number of halogens is 1. The van der Waals surface area contributed by atoms with Crippen molar-refractivity contribution in [3.05, 3.63) is 52.5 Å². The van der Waals surface area contributed by atoms with Crippen LogP contribution in [0.3, 0.4) is 0 Å². The van der Waals surface area contributed by atoms with Crippen LogP contribution in [0, 0.1) is 0 Å². The zero-order chi connectivity index (χ0) is 12.0. The molecule has 0 nitrogen and oxygen atoms in total. The molecule has 85 valence electrons. The lowest BCUT2D eigenvalue weighted by atomic mass is 10.1. The van der Waals surface area contributed by atoms with Crippen LogP contribution in [0.2, 0.25) is 18.1 Å². The van der Waals surface area contributed by atoms with Crippen LogP contribution in [-0.2, 0) is 6.42 Å². The van der Waals surface area contributed by atoms with E-state index in [4.69, 9.17) is 11.6 Å². The van der Waals surface area contributed by atoms with Gasteiger partial charge in [0.25, 0.3) is 0 Å². The molecule has 0 heterocycles. The Labute approximate surface area is 109 Å². The van der Waals surface area contributed by atoms with Gasteiger partial charge in [0.1, 0.15) is 0 Å². The molecule has 2 aromatic rings. The SMILES string of the molecule is C[Si](C)c1ccc2c(c1Cl)Cc1ccccc1-2. The van der Waals surface area contributed by atoms with E-state index in [0.717, 1.165) is 11.4 Å². The number of fused-ring (bicyclic) bond motifs is 3. The summed E-state index contributed by atoms with van der Waals surface area (Å²) < 4.78 is 0. The van der Waals surface area contributed by atoms with Gasteiger partial charge in [0.05, 0.1) is 8.80 Å². The highest BCUT2D eigenvalue weighted by Gasteiger charge is 2.22. The quantitative estimate of drug-likeness (QED) is 0.581. The summed E-state index contributed by atoms with van der Waals surface area (Å²) >= 11 is 6.56. The molecule has 1 radical (unpaired) electrons. The molecule has 1 aliphatic rings. The fraction of sp³-hybridized carbons (Fsp3) is 0.200. The minimum Gasteiger partial charge on any atom is -0.0841 e. The van der Waals surface area contributed by atoms with Crippen LogP contribution in [0.5, 0.6) is 0 Å². The van der Waals surface area contributed by atoms with Crippen molar-refractivity contribution in [2.75, 3.05) is 0 Å². The maximum Gasteiger partial charge on any atom is 0.0811 e. The van der Waals surface area contributed by atoms with Crippen LogP contribution in [0.1, 0.15) is 11.1 Å². The fourth-order valence-electron chi connectivity index (χ4n) is 2.56. The molecule has 0 aliphatic heterocycles. The Bertz CT molecular complexity index is 587. The molecule has 2 heteroatoms. The van der Waals surface area contributed by atoms with Gasteiger partial charge in [0, 0.05) is 11.4 Å². The summed E-state index contributed by atoms with van der Waals surface area (Å²) in [6.07, 6.45) is 0.993. The molecule has 2 aromatic carbocycles. The first-order chi connectivity index (χ1) is 8.18. The molecular weight excluding hydrogens is 244 g/mol. The molecule has 0 amide bonds. The molecule has 0 N–H and O–H groups in total. The van der Waals surface area contributed by atoms with Crippen molar-refractivity contribution in [1.82, 2.24) is 0 Å². The predicted octanol–water partition coefficient (Wildman–Crippen LogP) is 3.87. The molecule has 0 unspecified atom stereocenters. The molecule has 3 rings (SSSR count). The minimum atomic E-state index is -0.482. The zero-order valence-electron chi connectivity index (χ0n) is 10.0. The summed E-state index contributed by atoms with van der Waals surface area (Å²) in [5, 5.41) is 2.38. The fourth-order valence-corrected chi connectivity index (χ4v) is 4.37. The van der Waals surface area contributed by atoms with Gasteiger partial charge in [-0.3, -0.25) is 0 Å². The van der Waals surface area contributed by atoms with E-state index in [2.05, 4.69) is 49.5 Å². The van der Waals surface area contributed by atoms with Gasteiger partial charge >= 0.3 is 0 Å². The van der Waals surface area contributed by atoms with Gasteiger partial charge < -0.3 is 0 Å². The van der Waals surface area contributed by atoms with E-state index in [1.165, 1.54) is 27.4 Å². The van der Waals surface area contributed by atoms with E-state index in [-0.39, 0.29) is 0 Å². The Kier molecular flexibility index (Phi) is 2.61. The largest absolute Gasteiger partial charge is 0.0841 e. The molecule has 0 bridgehead atoms. The van der Waals surface area contributed by atoms with Crippen LogP contribution in [0.4, 0.5) is 0 Å². The second-order valence-corrected chi connectivity index (χ2v) is 7.70. The molecule has 0 fully saturated rings. The van der Waals surface area contributed by atoms with Crippen LogP contribution in [-0.4, -0.2) is 8.80 Å². The normalized spacial score (nSPS) is 12.7. The average molecular weight is 258 g/mol. The highest BCUT2D eigenvalue weighted by Crippen LogP contribution is 2.39. The molecule has 0 saturated heterocycles. The van der Waals surface area contributed by atoms with Gasteiger partial charge in [0.15, 0.2) is 0 Å². The van der Waals surface area contributed by atoms with E-state index in [9.17, 15) is 0 Å². The van der Waals surface area contributed by atoms with Crippen molar-refractivity contribution >= 4 is 25.6 Å². The molecular formula is C15H14ClSi. The second kappa shape index (κ2) is 4.00. The molecule has 0 atom stereocenters. The molecule has 1 aliphatic carbocycles. The maximum atomic E-state index is 6.56. The summed E-state index contributed by atoms with van der Waals surface area (Å²) in [6, 6.07) is 13.1. The van der Waals surface area contributed by atoms with Crippen molar-refractivity contribution < 1.29 is 0 Å². The van der Waals surface area contributed by atoms with Crippen LogP contribution >= 0.6 is 11.6 Å². The lowest BCUT2D eigenvalue weighted by Gasteiger charge is -2.11. The standard InChI is InChI=1S/C15H14ClSi/c1-17(2)14-8-7-12-11-6-4-3-5-10(11)9-13(12)15(14)16/h3-8H,9H2,1-2H3. The lowest BCUT2D eigenvalue weighted by molar-refractivity contribution is 1.27. The van der Waals surface area contributed by atoms with E-state index < -0.39 is 8.80 Å². The van der Waals surface area contributed by atoms with Gasteiger partial charge in [0.2, 0.25) is 0 Å². The molecule has 0 aromatic heterocycles. The third kappa shape index (κ3) is 1.65. The van der Waals surface area contributed by atoms with E-state index in [0.29, 0.717) is 0 Å². The van der Waals surface area contributed by atoms with Gasteiger partial charge in [-0.1, -0.05) is 61.1 Å². The topological polar surface area (TPSA) is 0 Å². The third-order valence-corrected chi connectivity index (χ3v) is 5.54. The highest BCUT2D eigenvalue weighted by atomic mass is 35.5. The smallest absolute Gasteiger partial charge is 0.0811 e. The lowest BCUT2D eigenvalue weighted by Crippen LogP contribution is -2.24. The Hall–Kier alpha value is -1.05. The number of hydrogen-bond donors (Lipinski definition) is 0. The van der Waals surface area contributed by atoms with Crippen LogP contribution in [0.15, 0.2) is 36.4 Å². The van der Waals surface area contributed by atoms with Gasteiger partial charge in [-0.25, -0.2) is 0 Å². The highest BCUT2D eigenvalue weighted by molar-refractivity contribution is 6.73. The van der Waals surface area contributed by atoms with Crippen molar-refractivity contribution in [3.8, 4) is 11.1 Å². The third-order valence-electron chi connectivity index (χ3n) is 3.46. The Morgan fingerprint density at radius 2 is 1.76 bits per heavy atom. The number of hydrogen-bond acceptors (Lipinski definition) is 0. The first kappa shape index (κ1) is 11.1. The number of rotatable bonds is 1. The maximum absolute atomic E-state index is 6.56. The van der Waals surface area contributed by atoms with Crippen LogP contribution in [0.25, 0.3) is 11.1 Å². The van der Waals surface area contributed by atoms with Gasteiger partial charge in [-0.2, -0.15) is 0 Å². The summed E-state index contributed by atoms with van der Waals surface area (Å²) in [6.45, 7) is 4.58. The molecule has 0 saturated carbocycles. The number of benzene rings is 2. The monoisotopic (exact) mass is 257 g/mol. The van der Waals surface area contributed by atoms with Crippen molar-refractivity contribution in [3.63, 3.8) is 0 Å². The van der Waals surface area contributed by atoms with E-state index >= 15 is 0 Å².